The largest absolute Gasteiger partial charge is 0.273 e. The lowest BCUT2D eigenvalue weighted by Gasteiger charge is -2.01. The van der Waals surface area contributed by atoms with Crippen molar-refractivity contribution in [3.8, 4) is 0 Å². The Morgan fingerprint density at radius 2 is 2.40 bits per heavy atom. The molecule has 0 fully saturated rings. The van der Waals surface area contributed by atoms with E-state index in [2.05, 4.69) is 10.5 Å². The van der Waals surface area contributed by atoms with Crippen molar-refractivity contribution in [3.63, 3.8) is 0 Å². The van der Waals surface area contributed by atoms with Gasteiger partial charge in [0.25, 0.3) is 0 Å². The van der Waals surface area contributed by atoms with Crippen LogP contribution in [0.1, 0.15) is 25.1 Å². The molecule has 0 radical (unpaired) electrons. The highest BCUT2D eigenvalue weighted by atomic mass is 35.5. The molecule has 15 heavy (non-hydrogen) atoms. The number of thiophene rings is 1. The number of carbonyl (C=O) groups excluding carboxylic acids is 1. The van der Waals surface area contributed by atoms with Gasteiger partial charge in [0.2, 0.25) is 5.91 Å². The van der Waals surface area contributed by atoms with Gasteiger partial charge in [-0.2, -0.15) is 5.10 Å². The quantitative estimate of drug-likeness (QED) is 0.642. The third-order valence-electron chi connectivity index (χ3n) is 1.57. The minimum absolute atomic E-state index is 0.0658. The number of carbonyl (C=O) groups is 1. The second kappa shape index (κ2) is 5.88. The molecule has 82 valence electrons. The molecule has 3 nitrogen and oxygen atoms in total. The van der Waals surface area contributed by atoms with Crippen molar-refractivity contribution in [1.29, 1.82) is 0 Å². The number of nitrogens with one attached hydrogen (secondary N) is 1. The van der Waals surface area contributed by atoms with E-state index in [-0.39, 0.29) is 5.91 Å². The fourth-order valence-electron chi connectivity index (χ4n) is 0.982. The summed E-state index contributed by atoms with van der Waals surface area (Å²) in [4.78, 5) is 12.1. The molecular formula is C10H13ClN2OS. The Labute approximate surface area is 98.1 Å². The monoisotopic (exact) mass is 244 g/mol. The molecule has 0 aliphatic heterocycles. The lowest BCUT2D eigenvalue weighted by atomic mass is 10.1. The maximum atomic E-state index is 11.2. The summed E-state index contributed by atoms with van der Waals surface area (Å²) < 4.78 is 0.713. The average Bonchev–Trinajstić information content (AvgIpc) is 2.50. The van der Waals surface area contributed by atoms with Crippen LogP contribution >= 0.6 is 22.9 Å². The van der Waals surface area contributed by atoms with E-state index in [4.69, 9.17) is 11.6 Å². The summed E-state index contributed by atoms with van der Waals surface area (Å²) in [5.41, 5.74) is 2.47. The van der Waals surface area contributed by atoms with Gasteiger partial charge in [0.05, 0.1) is 10.6 Å². The number of hydrogen-bond acceptors (Lipinski definition) is 3. The number of nitrogens with zero attached hydrogens (tertiary/aromatic N) is 1. The minimum Gasteiger partial charge on any atom is -0.273 e. The average molecular weight is 245 g/mol. The zero-order valence-corrected chi connectivity index (χ0v) is 10.2. The Hall–Kier alpha value is -0.870. The Kier molecular flexibility index (Phi) is 4.78. The highest BCUT2D eigenvalue weighted by Crippen LogP contribution is 2.19. The molecule has 1 rings (SSSR count). The smallest absolute Gasteiger partial charge is 0.240 e. The first-order valence-corrected chi connectivity index (χ1v) is 5.84. The van der Waals surface area contributed by atoms with Crippen molar-refractivity contribution >= 4 is 35.1 Å². The van der Waals surface area contributed by atoms with Gasteiger partial charge in [-0.15, -0.1) is 11.3 Å². The fourth-order valence-corrected chi connectivity index (χ4v) is 1.91. The molecule has 5 heteroatoms. The van der Waals surface area contributed by atoms with E-state index in [0.29, 0.717) is 16.7 Å². The van der Waals surface area contributed by atoms with Crippen LogP contribution in [0.3, 0.4) is 0 Å². The Bertz CT molecular complexity index is 360. The lowest BCUT2D eigenvalue weighted by molar-refractivity contribution is -0.121. The van der Waals surface area contributed by atoms with E-state index < -0.39 is 0 Å². The van der Waals surface area contributed by atoms with Crippen molar-refractivity contribution in [3.05, 3.63) is 21.3 Å². The van der Waals surface area contributed by atoms with Crippen LogP contribution in [0.25, 0.3) is 0 Å². The second-order valence-corrected chi connectivity index (χ2v) is 5.28. The Morgan fingerprint density at radius 1 is 1.67 bits per heavy atom. The highest BCUT2D eigenvalue weighted by Gasteiger charge is 2.02. The van der Waals surface area contributed by atoms with Crippen LogP contribution in [0.4, 0.5) is 0 Å². The van der Waals surface area contributed by atoms with Crippen LogP contribution in [0, 0.1) is 5.92 Å². The zero-order valence-electron chi connectivity index (χ0n) is 8.66. The molecule has 0 aliphatic rings. The predicted octanol–water partition coefficient (Wildman–Crippen LogP) is 2.90. The number of rotatable bonds is 4. The number of hydrogen-bond donors (Lipinski definition) is 1. The van der Waals surface area contributed by atoms with Crippen molar-refractivity contribution in [1.82, 2.24) is 5.43 Å². The van der Waals surface area contributed by atoms with Gasteiger partial charge in [0, 0.05) is 11.3 Å². The summed E-state index contributed by atoms with van der Waals surface area (Å²) in [6.07, 6.45) is 2.08. The molecule has 1 aromatic rings. The van der Waals surface area contributed by atoms with E-state index >= 15 is 0 Å². The molecule has 0 bridgehead atoms. The van der Waals surface area contributed by atoms with Crippen LogP contribution in [0.5, 0.6) is 0 Å². The third kappa shape index (κ3) is 4.95. The van der Waals surface area contributed by atoms with Gasteiger partial charge in [0.15, 0.2) is 0 Å². The molecule has 0 saturated heterocycles. The van der Waals surface area contributed by atoms with Crippen LogP contribution in [0.2, 0.25) is 4.34 Å². The van der Waals surface area contributed by atoms with Gasteiger partial charge >= 0.3 is 0 Å². The second-order valence-electron chi connectivity index (χ2n) is 3.53. The molecule has 1 amide bonds. The maximum Gasteiger partial charge on any atom is 0.240 e. The Balaban J connectivity index is 2.36. The van der Waals surface area contributed by atoms with E-state index in [1.165, 1.54) is 11.3 Å². The summed E-state index contributed by atoms with van der Waals surface area (Å²) in [6, 6.07) is 3.65. The summed E-state index contributed by atoms with van der Waals surface area (Å²) in [5, 5.41) is 3.84. The molecule has 1 heterocycles. The van der Waals surface area contributed by atoms with Crippen LogP contribution in [0.15, 0.2) is 17.2 Å². The van der Waals surface area contributed by atoms with Gasteiger partial charge in [-0.05, 0) is 18.1 Å². The topological polar surface area (TPSA) is 41.5 Å². The van der Waals surface area contributed by atoms with Gasteiger partial charge in [-0.25, -0.2) is 5.43 Å². The number of halogens is 1. The SMILES string of the molecule is CC(C)CC(=O)NN=Cc1ccc(Cl)s1. The third-order valence-corrected chi connectivity index (χ3v) is 2.73. The summed E-state index contributed by atoms with van der Waals surface area (Å²) in [5.74, 6) is 0.278. The summed E-state index contributed by atoms with van der Waals surface area (Å²) in [6.45, 7) is 3.98. The normalized spacial score (nSPS) is 11.2. The highest BCUT2D eigenvalue weighted by molar-refractivity contribution is 7.17. The van der Waals surface area contributed by atoms with E-state index in [1.54, 1.807) is 12.3 Å². The molecule has 0 saturated carbocycles. The molecule has 0 aromatic carbocycles. The predicted molar refractivity (Wildman–Crippen MR) is 64.5 cm³/mol. The molecule has 0 spiro atoms. The lowest BCUT2D eigenvalue weighted by Crippen LogP contribution is -2.18. The van der Waals surface area contributed by atoms with Gasteiger partial charge in [0.1, 0.15) is 0 Å². The van der Waals surface area contributed by atoms with Crippen molar-refractivity contribution in [2.75, 3.05) is 0 Å². The van der Waals surface area contributed by atoms with Gasteiger partial charge in [-0.3, -0.25) is 4.79 Å². The first-order chi connectivity index (χ1) is 7.08. The first-order valence-electron chi connectivity index (χ1n) is 4.65. The van der Waals surface area contributed by atoms with Crippen molar-refractivity contribution < 1.29 is 4.79 Å². The maximum absolute atomic E-state index is 11.2. The number of hydrazone groups is 1. The minimum atomic E-state index is -0.0658. The van der Waals surface area contributed by atoms with Crippen LogP contribution in [-0.2, 0) is 4.79 Å². The Morgan fingerprint density at radius 3 is 2.93 bits per heavy atom. The van der Waals surface area contributed by atoms with Crippen LogP contribution < -0.4 is 5.43 Å². The van der Waals surface area contributed by atoms with Gasteiger partial charge < -0.3 is 0 Å². The fraction of sp³-hybridized carbons (Fsp3) is 0.400. The number of amides is 1. The van der Waals surface area contributed by atoms with E-state index in [0.717, 1.165) is 4.88 Å². The molecule has 0 aliphatic carbocycles. The van der Waals surface area contributed by atoms with Crippen molar-refractivity contribution in [2.24, 2.45) is 11.0 Å². The summed E-state index contributed by atoms with van der Waals surface area (Å²) in [7, 11) is 0. The summed E-state index contributed by atoms with van der Waals surface area (Å²) >= 11 is 7.16. The zero-order chi connectivity index (χ0) is 11.3. The molecule has 1 aromatic heterocycles. The standard InChI is InChI=1S/C10H13ClN2OS/c1-7(2)5-10(14)13-12-6-8-3-4-9(11)15-8/h3-4,6-7H,5H2,1-2H3,(H,13,14). The van der Waals surface area contributed by atoms with Crippen LogP contribution in [-0.4, -0.2) is 12.1 Å². The molecule has 0 atom stereocenters. The van der Waals surface area contributed by atoms with E-state index in [1.807, 2.05) is 19.9 Å². The van der Waals surface area contributed by atoms with Gasteiger partial charge in [-0.1, -0.05) is 25.4 Å². The molecular weight excluding hydrogens is 232 g/mol. The molecule has 0 unspecified atom stereocenters. The first kappa shape index (κ1) is 12.2. The van der Waals surface area contributed by atoms with Crippen molar-refractivity contribution in [2.45, 2.75) is 20.3 Å². The van der Waals surface area contributed by atoms with E-state index in [9.17, 15) is 4.79 Å². The molecule has 1 N–H and O–H groups in total.